The largest absolute Gasteiger partial charge is 0.298 e. The lowest BCUT2D eigenvalue weighted by Gasteiger charge is -2.50. The van der Waals surface area contributed by atoms with E-state index in [0.29, 0.717) is 0 Å². The van der Waals surface area contributed by atoms with Gasteiger partial charge in [-0.25, -0.2) is 0 Å². The fourth-order valence-corrected chi connectivity index (χ4v) is 4.41. The Labute approximate surface area is 125 Å². The molecule has 2 nitrogen and oxygen atoms in total. The summed E-state index contributed by atoms with van der Waals surface area (Å²) >= 11 is 0. The van der Waals surface area contributed by atoms with Crippen molar-refractivity contribution >= 4 is 0 Å². The molecule has 2 saturated heterocycles. The number of hydrogen-bond acceptors (Lipinski definition) is 2. The van der Waals surface area contributed by atoms with E-state index in [1.54, 1.807) is 5.57 Å². The van der Waals surface area contributed by atoms with Crippen LogP contribution < -0.4 is 0 Å². The van der Waals surface area contributed by atoms with Crippen LogP contribution in [0.1, 0.15) is 58.8 Å². The Hall–Kier alpha value is -0.340. The molecule has 2 heteroatoms. The second kappa shape index (κ2) is 6.62. The van der Waals surface area contributed by atoms with E-state index in [0.717, 1.165) is 18.0 Å². The summed E-state index contributed by atoms with van der Waals surface area (Å²) in [6, 6.07) is 1.64. The summed E-state index contributed by atoms with van der Waals surface area (Å²) in [5.41, 5.74) is 1.73. The van der Waals surface area contributed by atoms with Crippen LogP contribution >= 0.6 is 0 Å². The van der Waals surface area contributed by atoms with E-state index in [1.165, 1.54) is 71.1 Å². The van der Waals surface area contributed by atoms with Crippen LogP contribution in [0.5, 0.6) is 0 Å². The second-order valence-electron chi connectivity index (χ2n) is 7.46. The maximum absolute atomic E-state index is 2.83. The van der Waals surface area contributed by atoms with E-state index in [1.807, 2.05) is 0 Å². The third-order valence-corrected chi connectivity index (χ3v) is 5.71. The van der Waals surface area contributed by atoms with Crippen LogP contribution in [0.15, 0.2) is 11.6 Å². The van der Waals surface area contributed by atoms with Gasteiger partial charge in [-0.15, -0.1) is 0 Å². The molecule has 0 N–H and O–H groups in total. The van der Waals surface area contributed by atoms with Crippen molar-refractivity contribution in [3.63, 3.8) is 0 Å². The van der Waals surface area contributed by atoms with Gasteiger partial charge in [-0.2, -0.15) is 0 Å². The number of hydrogen-bond donors (Lipinski definition) is 0. The van der Waals surface area contributed by atoms with E-state index >= 15 is 0 Å². The molecule has 0 radical (unpaired) electrons. The standard InChI is InChI=1S/C18H32N2/c1-15(2)18-14-19-11-6-5-9-17(19)13-20(18)12-10-16-7-3-4-8-16/h7,15,17-18H,3-6,8-14H2,1-2H3. The molecule has 0 amide bonds. The van der Waals surface area contributed by atoms with Gasteiger partial charge in [0.05, 0.1) is 0 Å². The Morgan fingerprint density at radius 1 is 1.20 bits per heavy atom. The summed E-state index contributed by atoms with van der Waals surface area (Å²) in [6.45, 7) is 10.1. The first-order valence-corrected chi connectivity index (χ1v) is 8.90. The maximum atomic E-state index is 2.83. The first-order chi connectivity index (χ1) is 9.74. The summed E-state index contributed by atoms with van der Waals surface area (Å²) in [7, 11) is 0. The van der Waals surface area contributed by atoms with Gasteiger partial charge in [0, 0.05) is 31.7 Å². The molecule has 0 spiro atoms. The van der Waals surface area contributed by atoms with Gasteiger partial charge in [-0.1, -0.05) is 31.9 Å². The fraction of sp³-hybridized carbons (Fsp3) is 0.889. The van der Waals surface area contributed by atoms with Crippen molar-refractivity contribution in [3.8, 4) is 0 Å². The highest BCUT2D eigenvalue weighted by Gasteiger charge is 2.35. The summed E-state index contributed by atoms with van der Waals surface area (Å²) in [6.07, 6.45) is 12.2. The van der Waals surface area contributed by atoms with E-state index in [4.69, 9.17) is 0 Å². The summed E-state index contributed by atoms with van der Waals surface area (Å²) in [5, 5.41) is 0. The molecule has 2 atom stereocenters. The van der Waals surface area contributed by atoms with Crippen molar-refractivity contribution in [2.75, 3.05) is 26.2 Å². The average Bonchev–Trinajstić information content (AvgIpc) is 2.97. The minimum Gasteiger partial charge on any atom is -0.298 e. The zero-order chi connectivity index (χ0) is 13.9. The molecule has 1 aliphatic carbocycles. The smallest absolute Gasteiger partial charge is 0.0247 e. The molecule has 0 bridgehead atoms. The van der Waals surface area contributed by atoms with Gasteiger partial charge in [0.2, 0.25) is 0 Å². The number of fused-ring (bicyclic) bond motifs is 1. The first-order valence-electron chi connectivity index (χ1n) is 8.90. The molecule has 2 heterocycles. The van der Waals surface area contributed by atoms with Crippen molar-refractivity contribution in [3.05, 3.63) is 11.6 Å². The molecule has 3 rings (SSSR count). The van der Waals surface area contributed by atoms with Gasteiger partial charge >= 0.3 is 0 Å². The SMILES string of the molecule is CC(C)C1CN2CCCCC2CN1CCC1=CCCC1. The third-order valence-electron chi connectivity index (χ3n) is 5.71. The lowest BCUT2D eigenvalue weighted by Crippen LogP contribution is -2.61. The monoisotopic (exact) mass is 276 g/mol. The molecule has 0 saturated carbocycles. The molecule has 2 unspecified atom stereocenters. The molecule has 3 aliphatic rings. The number of piperazine rings is 1. The summed E-state index contributed by atoms with van der Waals surface area (Å²) in [5.74, 6) is 0.787. The van der Waals surface area contributed by atoms with Crippen molar-refractivity contribution in [2.24, 2.45) is 5.92 Å². The lowest BCUT2D eigenvalue weighted by molar-refractivity contribution is -0.00678. The molecule has 20 heavy (non-hydrogen) atoms. The van der Waals surface area contributed by atoms with Crippen LogP contribution in [0.3, 0.4) is 0 Å². The van der Waals surface area contributed by atoms with Gasteiger partial charge in [-0.3, -0.25) is 9.80 Å². The van der Waals surface area contributed by atoms with Crippen LogP contribution in [0.25, 0.3) is 0 Å². The number of piperidine rings is 1. The molecule has 114 valence electrons. The van der Waals surface area contributed by atoms with Crippen LogP contribution in [0.2, 0.25) is 0 Å². The minimum atomic E-state index is 0.784. The molecule has 0 aromatic heterocycles. The second-order valence-corrected chi connectivity index (χ2v) is 7.46. The summed E-state index contributed by atoms with van der Waals surface area (Å²) < 4.78 is 0. The highest BCUT2D eigenvalue weighted by molar-refractivity contribution is 5.08. The highest BCUT2D eigenvalue weighted by atomic mass is 15.3. The molecule has 2 aliphatic heterocycles. The topological polar surface area (TPSA) is 6.48 Å². The quantitative estimate of drug-likeness (QED) is 0.723. The first kappa shape index (κ1) is 14.6. The Bertz CT molecular complexity index is 347. The Morgan fingerprint density at radius 2 is 2.10 bits per heavy atom. The van der Waals surface area contributed by atoms with Gasteiger partial charge in [-0.05, 0) is 51.0 Å². The Kier molecular flexibility index (Phi) is 4.83. The van der Waals surface area contributed by atoms with Gasteiger partial charge in [0.25, 0.3) is 0 Å². The maximum Gasteiger partial charge on any atom is 0.0247 e. The number of allylic oxidation sites excluding steroid dienone is 1. The van der Waals surface area contributed by atoms with Crippen LogP contribution in [-0.2, 0) is 0 Å². The van der Waals surface area contributed by atoms with Crippen molar-refractivity contribution < 1.29 is 0 Å². The van der Waals surface area contributed by atoms with Gasteiger partial charge < -0.3 is 0 Å². The molecule has 0 aromatic rings. The fourth-order valence-electron chi connectivity index (χ4n) is 4.41. The van der Waals surface area contributed by atoms with Gasteiger partial charge in [0.1, 0.15) is 0 Å². The Balaban J connectivity index is 1.60. The van der Waals surface area contributed by atoms with Crippen LogP contribution in [0.4, 0.5) is 0 Å². The third kappa shape index (κ3) is 3.28. The normalized spacial score (nSPS) is 32.5. The lowest BCUT2D eigenvalue weighted by atomic mass is 9.91. The van der Waals surface area contributed by atoms with Crippen molar-refractivity contribution in [1.29, 1.82) is 0 Å². The van der Waals surface area contributed by atoms with Crippen molar-refractivity contribution in [2.45, 2.75) is 70.9 Å². The van der Waals surface area contributed by atoms with E-state index < -0.39 is 0 Å². The zero-order valence-corrected chi connectivity index (χ0v) is 13.5. The molecular weight excluding hydrogens is 244 g/mol. The van der Waals surface area contributed by atoms with Crippen molar-refractivity contribution in [1.82, 2.24) is 9.80 Å². The average molecular weight is 276 g/mol. The molecular formula is C18H32N2. The molecule has 0 aromatic carbocycles. The number of rotatable bonds is 4. The predicted molar refractivity (Wildman–Crippen MR) is 86.0 cm³/mol. The zero-order valence-electron chi connectivity index (χ0n) is 13.5. The number of nitrogens with zero attached hydrogens (tertiary/aromatic N) is 2. The molecule has 2 fully saturated rings. The Morgan fingerprint density at radius 3 is 2.85 bits per heavy atom. The van der Waals surface area contributed by atoms with E-state index in [2.05, 4.69) is 29.7 Å². The highest BCUT2D eigenvalue weighted by Crippen LogP contribution is 2.28. The van der Waals surface area contributed by atoms with E-state index in [9.17, 15) is 0 Å². The van der Waals surface area contributed by atoms with Crippen LogP contribution in [-0.4, -0.2) is 48.1 Å². The summed E-state index contributed by atoms with van der Waals surface area (Å²) in [4.78, 5) is 5.62. The van der Waals surface area contributed by atoms with Crippen LogP contribution in [0, 0.1) is 5.92 Å². The van der Waals surface area contributed by atoms with E-state index in [-0.39, 0.29) is 0 Å². The van der Waals surface area contributed by atoms with Gasteiger partial charge in [0.15, 0.2) is 0 Å². The predicted octanol–water partition coefficient (Wildman–Crippen LogP) is 3.68. The minimum absolute atomic E-state index is 0.784.